The van der Waals surface area contributed by atoms with Crippen molar-refractivity contribution in [3.8, 4) is 0 Å². The molecule has 1 unspecified atom stereocenters. The summed E-state index contributed by atoms with van der Waals surface area (Å²) in [6.07, 6.45) is 4.75. The van der Waals surface area contributed by atoms with Crippen LogP contribution in [0.1, 0.15) is 35.6 Å². The number of hydrogen-bond acceptors (Lipinski definition) is 1. The first-order chi connectivity index (χ1) is 9.86. The molecule has 0 saturated heterocycles. The van der Waals surface area contributed by atoms with Gasteiger partial charge in [-0.3, -0.25) is 0 Å². The van der Waals surface area contributed by atoms with Crippen LogP contribution in [0.25, 0.3) is 0 Å². The second-order valence-corrected chi connectivity index (χ2v) is 5.71. The van der Waals surface area contributed by atoms with Crippen molar-refractivity contribution < 1.29 is 0 Å². The first-order valence-electron chi connectivity index (χ1n) is 7.73. The van der Waals surface area contributed by atoms with E-state index in [9.17, 15) is 0 Å². The lowest BCUT2D eigenvalue weighted by molar-refractivity contribution is 0.457. The number of benzene rings is 2. The van der Waals surface area contributed by atoms with Crippen LogP contribution in [-0.4, -0.2) is 6.04 Å². The van der Waals surface area contributed by atoms with Crippen LogP contribution < -0.4 is 5.32 Å². The summed E-state index contributed by atoms with van der Waals surface area (Å²) in [7, 11) is 0. The third-order valence-corrected chi connectivity index (χ3v) is 4.43. The molecule has 2 aromatic rings. The van der Waals surface area contributed by atoms with E-state index in [0.717, 1.165) is 13.0 Å². The first kappa shape index (κ1) is 13.4. The topological polar surface area (TPSA) is 12.0 Å². The minimum atomic E-state index is 0.620. The molecule has 0 aliphatic heterocycles. The summed E-state index contributed by atoms with van der Waals surface area (Å²) in [4.78, 5) is 0. The molecule has 1 N–H and O–H groups in total. The van der Waals surface area contributed by atoms with E-state index in [4.69, 9.17) is 0 Å². The molecule has 0 amide bonds. The Hall–Kier alpha value is -1.60. The van der Waals surface area contributed by atoms with Crippen LogP contribution in [0.2, 0.25) is 0 Å². The van der Waals surface area contributed by atoms with Crippen molar-refractivity contribution in [1.82, 2.24) is 5.32 Å². The zero-order valence-electron chi connectivity index (χ0n) is 12.2. The molecule has 1 heteroatoms. The lowest BCUT2D eigenvalue weighted by Gasteiger charge is -2.26. The van der Waals surface area contributed by atoms with Crippen molar-refractivity contribution in [1.29, 1.82) is 0 Å². The average molecular weight is 265 g/mol. The van der Waals surface area contributed by atoms with Gasteiger partial charge in [-0.1, -0.05) is 55.5 Å². The van der Waals surface area contributed by atoms with Gasteiger partial charge >= 0.3 is 0 Å². The third-order valence-electron chi connectivity index (χ3n) is 4.43. The van der Waals surface area contributed by atoms with Crippen LogP contribution in [0.4, 0.5) is 0 Å². The monoisotopic (exact) mass is 265 g/mol. The molecule has 3 rings (SSSR count). The third kappa shape index (κ3) is 2.94. The molecule has 0 bridgehead atoms. The van der Waals surface area contributed by atoms with E-state index in [-0.39, 0.29) is 0 Å². The van der Waals surface area contributed by atoms with Gasteiger partial charge in [0.05, 0.1) is 0 Å². The van der Waals surface area contributed by atoms with Gasteiger partial charge in [0.1, 0.15) is 0 Å². The highest BCUT2D eigenvalue weighted by atomic mass is 14.9. The smallest absolute Gasteiger partial charge is 0.0210 e. The Morgan fingerprint density at radius 1 is 0.950 bits per heavy atom. The molecule has 0 fully saturated rings. The van der Waals surface area contributed by atoms with Crippen molar-refractivity contribution in [2.24, 2.45) is 0 Å². The van der Waals surface area contributed by atoms with Crippen LogP contribution in [0.5, 0.6) is 0 Å². The fourth-order valence-electron chi connectivity index (χ4n) is 3.20. The summed E-state index contributed by atoms with van der Waals surface area (Å²) in [5.41, 5.74) is 5.99. The SMILES string of the molecule is CCc1ccccc1CNC1CCc2ccccc2C1. The van der Waals surface area contributed by atoms with Crippen LogP contribution >= 0.6 is 0 Å². The van der Waals surface area contributed by atoms with Crippen LogP contribution in [0, 0.1) is 0 Å². The molecule has 1 aliphatic carbocycles. The molecule has 104 valence electrons. The number of fused-ring (bicyclic) bond motifs is 1. The van der Waals surface area contributed by atoms with Crippen LogP contribution in [0.15, 0.2) is 48.5 Å². The standard InChI is InChI=1S/C19H23N/c1-2-15-7-3-6-10-18(15)14-20-19-12-11-16-8-4-5-9-17(16)13-19/h3-10,19-20H,2,11-14H2,1H3. The van der Waals surface area contributed by atoms with Crippen molar-refractivity contribution in [3.05, 3.63) is 70.8 Å². The Morgan fingerprint density at radius 2 is 1.65 bits per heavy atom. The minimum absolute atomic E-state index is 0.620. The molecule has 2 aromatic carbocycles. The Labute approximate surface area is 122 Å². The van der Waals surface area contributed by atoms with Gasteiger partial charge in [0, 0.05) is 12.6 Å². The van der Waals surface area contributed by atoms with Gasteiger partial charge in [-0.25, -0.2) is 0 Å². The lowest BCUT2D eigenvalue weighted by Crippen LogP contribution is -2.34. The molecular formula is C19H23N. The summed E-state index contributed by atoms with van der Waals surface area (Å²) in [6, 6.07) is 18.3. The number of rotatable bonds is 4. The lowest BCUT2D eigenvalue weighted by atomic mass is 9.88. The molecule has 0 heterocycles. The predicted molar refractivity (Wildman–Crippen MR) is 84.9 cm³/mol. The zero-order chi connectivity index (χ0) is 13.8. The highest BCUT2D eigenvalue weighted by Gasteiger charge is 2.17. The highest BCUT2D eigenvalue weighted by molar-refractivity contribution is 5.31. The van der Waals surface area contributed by atoms with Gasteiger partial charge in [-0.05, 0) is 47.9 Å². The Balaban J connectivity index is 1.63. The van der Waals surface area contributed by atoms with E-state index < -0.39 is 0 Å². The van der Waals surface area contributed by atoms with Gasteiger partial charge in [0.2, 0.25) is 0 Å². The van der Waals surface area contributed by atoms with Gasteiger partial charge < -0.3 is 5.32 Å². The van der Waals surface area contributed by atoms with E-state index in [1.165, 1.54) is 36.0 Å². The van der Waals surface area contributed by atoms with E-state index in [1.54, 1.807) is 5.56 Å². The normalized spacial score (nSPS) is 17.8. The van der Waals surface area contributed by atoms with E-state index in [0.29, 0.717) is 6.04 Å². The molecule has 1 aliphatic rings. The van der Waals surface area contributed by atoms with E-state index in [1.807, 2.05) is 0 Å². The quantitative estimate of drug-likeness (QED) is 0.884. The van der Waals surface area contributed by atoms with Crippen molar-refractivity contribution in [2.75, 3.05) is 0 Å². The fraction of sp³-hybridized carbons (Fsp3) is 0.368. The molecule has 0 aromatic heterocycles. The van der Waals surface area contributed by atoms with Crippen molar-refractivity contribution in [2.45, 2.75) is 45.2 Å². The molecule has 20 heavy (non-hydrogen) atoms. The number of nitrogens with one attached hydrogen (secondary N) is 1. The van der Waals surface area contributed by atoms with Crippen LogP contribution in [0.3, 0.4) is 0 Å². The van der Waals surface area contributed by atoms with E-state index in [2.05, 4.69) is 60.8 Å². The summed E-state index contributed by atoms with van der Waals surface area (Å²) in [5, 5.41) is 3.75. The summed E-state index contributed by atoms with van der Waals surface area (Å²) in [5.74, 6) is 0. The van der Waals surface area contributed by atoms with Gasteiger partial charge in [-0.2, -0.15) is 0 Å². The fourth-order valence-corrected chi connectivity index (χ4v) is 3.20. The Kier molecular flexibility index (Phi) is 4.17. The molecule has 0 radical (unpaired) electrons. The van der Waals surface area contributed by atoms with E-state index >= 15 is 0 Å². The zero-order valence-corrected chi connectivity index (χ0v) is 12.2. The van der Waals surface area contributed by atoms with Crippen molar-refractivity contribution in [3.63, 3.8) is 0 Å². The van der Waals surface area contributed by atoms with Gasteiger partial charge in [0.15, 0.2) is 0 Å². The van der Waals surface area contributed by atoms with Gasteiger partial charge in [-0.15, -0.1) is 0 Å². The summed E-state index contributed by atoms with van der Waals surface area (Å²) in [6.45, 7) is 3.23. The largest absolute Gasteiger partial charge is 0.310 e. The molecule has 0 spiro atoms. The van der Waals surface area contributed by atoms with Crippen LogP contribution in [-0.2, 0) is 25.8 Å². The minimum Gasteiger partial charge on any atom is -0.310 e. The van der Waals surface area contributed by atoms with Gasteiger partial charge in [0.25, 0.3) is 0 Å². The maximum Gasteiger partial charge on any atom is 0.0210 e. The summed E-state index contributed by atoms with van der Waals surface area (Å²) >= 11 is 0. The molecule has 1 nitrogen and oxygen atoms in total. The Bertz CT molecular complexity index is 573. The summed E-state index contributed by atoms with van der Waals surface area (Å²) < 4.78 is 0. The second kappa shape index (κ2) is 6.23. The van der Waals surface area contributed by atoms with Crippen molar-refractivity contribution >= 4 is 0 Å². The maximum atomic E-state index is 3.75. The molecular weight excluding hydrogens is 242 g/mol. The first-order valence-corrected chi connectivity index (χ1v) is 7.73. The molecule has 1 atom stereocenters. The average Bonchev–Trinajstić information content (AvgIpc) is 2.53. The second-order valence-electron chi connectivity index (χ2n) is 5.71. The number of hydrogen-bond donors (Lipinski definition) is 1. The number of aryl methyl sites for hydroxylation is 2. The molecule has 0 saturated carbocycles. The maximum absolute atomic E-state index is 3.75. The Morgan fingerprint density at radius 3 is 2.45 bits per heavy atom. The predicted octanol–water partition coefficient (Wildman–Crippen LogP) is 3.90. The highest BCUT2D eigenvalue weighted by Crippen LogP contribution is 2.21.